The Kier molecular flexibility index (Phi) is 6.90. The molecule has 0 fully saturated rings. The van der Waals surface area contributed by atoms with Gasteiger partial charge in [0.2, 0.25) is 5.91 Å². The van der Waals surface area contributed by atoms with Crippen molar-refractivity contribution in [3.05, 3.63) is 33.9 Å². The Morgan fingerprint density at radius 2 is 1.80 bits per heavy atom. The zero-order chi connectivity index (χ0) is 19.3. The standard InChI is InChI=1S/C13H17N3O9/c14-12(22)5-1-2-6(7(3-5)16(24)25)15-13(23)11(21)10(20)9(19)8(18)4-17/h1-3,8-11,17-21H,4H2,(H2,14,22)(H,15,23)/t8-,9-,10+,11-/m1/s1. The fourth-order valence-electron chi connectivity index (χ4n) is 1.83. The molecule has 2 amide bonds. The summed E-state index contributed by atoms with van der Waals surface area (Å²) in [6, 6.07) is 2.90. The predicted octanol–water partition coefficient (Wildman–Crippen LogP) is -2.93. The molecule has 0 saturated carbocycles. The number of aliphatic hydroxyl groups excluding tert-OH is 5. The van der Waals surface area contributed by atoms with Crippen molar-refractivity contribution >= 4 is 23.2 Å². The third-order valence-corrected chi connectivity index (χ3v) is 3.26. The summed E-state index contributed by atoms with van der Waals surface area (Å²) < 4.78 is 0. The van der Waals surface area contributed by atoms with E-state index in [1.54, 1.807) is 0 Å². The minimum Gasteiger partial charge on any atom is -0.394 e. The molecule has 0 spiro atoms. The highest BCUT2D eigenvalue weighted by Gasteiger charge is 2.34. The van der Waals surface area contributed by atoms with Crippen LogP contribution in [-0.2, 0) is 4.79 Å². The van der Waals surface area contributed by atoms with Crippen LogP contribution >= 0.6 is 0 Å². The first kappa shape index (κ1) is 20.4. The van der Waals surface area contributed by atoms with E-state index in [2.05, 4.69) is 0 Å². The van der Waals surface area contributed by atoms with Gasteiger partial charge in [0.25, 0.3) is 11.6 Å². The third kappa shape index (κ3) is 4.91. The number of amides is 2. The second-order valence-electron chi connectivity index (χ2n) is 5.02. The van der Waals surface area contributed by atoms with Crippen molar-refractivity contribution in [2.75, 3.05) is 11.9 Å². The summed E-state index contributed by atoms with van der Waals surface area (Å²) in [4.78, 5) is 33.0. The number of nitro groups is 1. The monoisotopic (exact) mass is 359 g/mol. The van der Waals surface area contributed by atoms with E-state index in [9.17, 15) is 40.1 Å². The third-order valence-electron chi connectivity index (χ3n) is 3.26. The Morgan fingerprint density at radius 3 is 2.28 bits per heavy atom. The molecule has 25 heavy (non-hydrogen) atoms. The van der Waals surface area contributed by atoms with E-state index in [4.69, 9.17) is 10.8 Å². The first-order chi connectivity index (χ1) is 11.6. The Bertz CT molecular complexity index is 666. The van der Waals surface area contributed by atoms with Gasteiger partial charge in [0.15, 0.2) is 6.10 Å². The number of aliphatic hydroxyl groups is 5. The zero-order valence-electron chi connectivity index (χ0n) is 12.6. The molecule has 0 bridgehead atoms. The molecule has 12 nitrogen and oxygen atoms in total. The number of nitro benzene ring substituents is 1. The van der Waals surface area contributed by atoms with E-state index in [0.717, 1.165) is 18.2 Å². The smallest absolute Gasteiger partial charge is 0.293 e. The summed E-state index contributed by atoms with van der Waals surface area (Å²) >= 11 is 0. The molecule has 0 radical (unpaired) electrons. The minimum atomic E-state index is -2.27. The van der Waals surface area contributed by atoms with Gasteiger partial charge in [-0.2, -0.15) is 0 Å². The highest BCUT2D eigenvalue weighted by atomic mass is 16.6. The lowest BCUT2D eigenvalue weighted by atomic mass is 10.0. The van der Waals surface area contributed by atoms with E-state index in [-0.39, 0.29) is 5.56 Å². The summed E-state index contributed by atoms with van der Waals surface area (Å²) in [6.07, 6.45) is -8.31. The van der Waals surface area contributed by atoms with Crippen LogP contribution in [0.4, 0.5) is 11.4 Å². The van der Waals surface area contributed by atoms with E-state index in [1.807, 2.05) is 5.32 Å². The molecule has 1 aromatic rings. The Labute approximate surface area is 140 Å². The van der Waals surface area contributed by atoms with Crippen molar-refractivity contribution < 1.29 is 40.0 Å². The fraction of sp³-hybridized carbons (Fsp3) is 0.385. The molecule has 4 atom stereocenters. The molecule has 12 heteroatoms. The van der Waals surface area contributed by atoms with Crippen molar-refractivity contribution in [2.45, 2.75) is 24.4 Å². The molecule has 0 aromatic heterocycles. The maximum absolute atomic E-state index is 11.9. The lowest BCUT2D eigenvalue weighted by molar-refractivity contribution is -0.384. The molecular weight excluding hydrogens is 342 g/mol. The second kappa shape index (κ2) is 8.46. The maximum atomic E-state index is 11.9. The molecule has 0 aliphatic heterocycles. The van der Waals surface area contributed by atoms with Crippen LogP contribution < -0.4 is 11.1 Å². The highest BCUT2D eigenvalue weighted by Crippen LogP contribution is 2.26. The van der Waals surface area contributed by atoms with Gasteiger partial charge >= 0.3 is 0 Å². The molecule has 0 saturated heterocycles. The summed E-state index contributed by atoms with van der Waals surface area (Å²) in [6.45, 7) is -0.938. The summed E-state index contributed by atoms with van der Waals surface area (Å²) in [5.41, 5.74) is 3.72. The molecule has 8 N–H and O–H groups in total. The summed E-state index contributed by atoms with van der Waals surface area (Å²) in [5, 5.41) is 59.5. The number of nitrogens with two attached hydrogens (primary N) is 1. The zero-order valence-corrected chi connectivity index (χ0v) is 12.6. The normalized spacial score (nSPS) is 15.7. The van der Waals surface area contributed by atoms with Gasteiger partial charge in [-0.1, -0.05) is 0 Å². The number of primary amides is 1. The lowest BCUT2D eigenvalue weighted by Gasteiger charge is -2.24. The van der Waals surface area contributed by atoms with Gasteiger partial charge in [-0.25, -0.2) is 0 Å². The average molecular weight is 359 g/mol. The Morgan fingerprint density at radius 1 is 1.20 bits per heavy atom. The molecule has 0 heterocycles. The number of hydrogen-bond donors (Lipinski definition) is 7. The van der Waals surface area contributed by atoms with Crippen LogP contribution in [0.5, 0.6) is 0 Å². The Hall–Kier alpha value is -2.64. The lowest BCUT2D eigenvalue weighted by Crippen LogP contribution is -2.50. The van der Waals surface area contributed by atoms with E-state index < -0.39 is 59.1 Å². The van der Waals surface area contributed by atoms with E-state index in [0.29, 0.717) is 0 Å². The molecule has 1 aromatic carbocycles. The molecule has 0 aliphatic rings. The molecule has 0 unspecified atom stereocenters. The van der Waals surface area contributed by atoms with Gasteiger partial charge in [-0.3, -0.25) is 19.7 Å². The number of carbonyl (C=O) groups excluding carboxylic acids is 2. The van der Waals surface area contributed by atoms with Gasteiger partial charge < -0.3 is 36.6 Å². The topological polar surface area (TPSA) is 216 Å². The summed E-state index contributed by atoms with van der Waals surface area (Å²) in [5.74, 6) is -2.26. The predicted molar refractivity (Wildman–Crippen MR) is 81.4 cm³/mol. The van der Waals surface area contributed by atoms with Crippen molar-refractivity contribution in [2.24, 2.45) is 5.73 Å². The van der Waals surface area contributed by atoms with E-state index >= 15 is 0 Å². The highest BCUT2D eigenvalue weighted by molar-refractivity contribution is 5.99. The van der Waals surface area contributed by atoms with Gasteiger partial charge in [-0.15, -0.1) is 0 Å². The van der Waals surface area contributed by atoms with Gasteiger partial charge in [0, 0.05) is 11.6 Å². The number of carbonyl (C=O) groups is 2. The number of benzene rings is 1. The van der Waals surface area contributed by atoms with Crippen LogP contribution in [0.15, 0.2) is 18.2 Å². The molecule has 138 valence electrons. The number of nitrogens with zero attached hydrogens (tertiary/aromatic N) is 1. The number of rotatable bonds is 8. The largest absolute Gasteiger partial charge is 0.394 e. The molecule has 0 aliphatic carbocycles. The fourth-order valence-corrected chi connectivity index (χ4v) is 1.83. The maximum Gasteiger partial charge on any atom is 0.293 e. The van der Waals surface area contributed by atoms with Gasteiger partial charge in [0.1, 0.15) is 24.0 Å². The van der Waals surface area contributed by atoms with E-state index in [1.165, 1.54) is 0 Å². The quantitative estimate of drug-likeness (QED) is 0.186. The first-order valence-corrected chi connectivity index (χ1v) is 6.82. The van der Waals surface area contributed by atoms with Crippen LogP contribution in [0.3, 0.4) is 0 Å². The van der Waals surface area contributed by atoms with Crippen molar-refractivity contribution in [3.63, 3.8) is 0 Å². The van der Waals surface area contributed by atoms with Crippen LogP contribution in [-0.4, -0.2) is 73.3 Å². The van der Waals surface area contributed by atoms with Crippen LogP contribution in [0.25, 0.3) is 0 Å². The van der Waals surface area contributed by atoms with Crippen molar-refractivity contribution in [1.82, 2.24) is 0 Å². The van der Waals surface area contributed by atoms with Crippen LogP contribution in [0, 0.1) is 10.1 Å². The number of anilines is 1. The summed E-state index contributed by atoms with van der Waals surface area (Å²) in [7, 11) is 0. The minimum absolute atomic E-state index is 0.188. The SMILES string of the molecule is NC(=O)c1ccc(NC(=O)[C@H](O)[C@@H](O)[C@H](O)[C@H](O)CO)c([N+](=O)[O-])c1. The van der Waals surface area contributed by atoms with Gasteiger partial charge in [0.05, 0.1) is 11.5 Å². The Balaban J connectivity index is 2.99. The number of hydrogen-bond acceptors (Lipinski definition) is 9. The second-order valence-corrected chi connectivity index (χ2v) is 5.02. The average Bonchev–Trinajstić information content (AvgIpc) is 2.58. The van der Waals surface area contributed by atoms with Gasteiger partial charge in [-0.05, 0) is 12.1 Å². The molecule has 1 rings (SSSR count). The van der Waals surface area contributed by atoms with Crippen molar-refractivity contribution in [3.8, 4) is 0 Å². The van der Waals surface area contributed by atoms with Crippen molar-refractivity contribution in [1.29, 1.82) is 0 Å². The van der Waals surface area contributed by atoms with Crippen LogP contribution in [0.2, 0.25) is 0 Å². The van der Waals surface area contributed by atoms with Crippen LogP contribution in [0.1, 0.15) is 10.4 Å². The number of nitrogens with one attached hydrogen (secondary N) is 1. The molecular formula is C13H17N3O9. The first-order valence-electron chi connectivity index (χ1n) is 6.82.